The number of hydrogen-bond donors (Lipinski definition) is 1. The molecule has 0 aliphatic rings. The molecule has 0 unspecified atom stereocenters. The van der Waals surface area contributed by atoms with E-state index in [1.54, 1.807) is 25.3 Å². The molecule has 0 aliphatic carbocycles. The minimum absolute atomic E-state index is 0.121. The second-order valence-corrected chi connectivity index (χ2v) is 9.23. The highest BCUT2D eigenvalue weighted by Gasteiger charge is 2.18. The number of aryl methyl sites for hydroxylation is 1. The molecule has 5 rings (SSSR count). The third kappa shape index (κ3) is 5.29. The van der Waals surface area contributed by atoms with Gasteiger partial charge in [-0.05, 0) is 48.4 Å². The molecule has 0 radical (unpaired) electrons. The SMILES string of the molecule is Cc1cncc(-n2c(=O)nc(Nc3cc4cn(CC(F)F)nc4cc3Cl)n(Cc3ccc(F)c(C#N)c3)c2=O)c1. The van der Waals surface area contributed by atoms with Crippen LogP contribution < -0.4 is 16.7 Å². The third-order valence-corrected chi connectivity index (χ3v) is 6.21. The Morgan fingerprint density at radius 3 is 2.67 bits per heavy atom. The number of rotatable bonds is 7. The molecule has 0 bridgehead atoms. The van der Waals surface area contributed by atoms with Gasteiger partial charge in [-0.3, -0.25) is 14.2 Å². The van der Waals surface area contributed by atoms with Gasteiger partial charge in [0.25, 0.3) is 6.43 Å². The lowest BCUT2D eigenvalue weighted by Gasteiger charge is -2.16. The summed E-state index contributed by atoms with van der Waals surface area (Å²) in [6.45, 7) is 0.937. The Morgan fingerprint density at radius 1 is 1.15 bits per heavy atom. The highest BCUT2D eigenvalue weighted by atomic mass is 35.5. The van der Waals surface area contributed by atoms with Crippen LogP contribution >= 0.6 is 11.6 Å². The fraction of sp³-hybridized carbons (Fsp3) is 0.154. The first-order valence-electron chi connectivity index (χ1n) is 11.7. The van der Waals surface area contributed by atoms with Crippen molar-refractivity contribution in [3.63, 3.8) is 0 Å². The van der Waals surface area contributed by atoms with Gasteiger partial charge in [-0.25, -0.2) is 27.3 Å². The van der Waals surface area contributed by atoms with Crippen molar-refractivity contribution in [1.82, 2.24) is 28.9 Å². The number of pyridine rings is 1. The maximum absolute atomic E-state index is 13.9. The fourth-order valence-corrected chi connectivity index (χ4v) is 4.31. The van der Waals surface area contributed by atoms with E-state index in [9.17, 15) is 28.0 Å². The largest absolute Gasteiger partial charge is 0.359 e. The zero-order valence-electron chi connectivity index (χ0n) is 20.6. The van der Waals surface area contributed by atoms with Crippen LogP contribution in [0.3, 0.4) is 0 Å². The molecule has 0 saturated carbocycles. The lowest BCUT2D eigenvalue weighted by molar-refractivity contribution is 0.122. The molecule has 14 heteroatoms. The Bertz CT molecular complexity index is 1930. The van der Waals surface area contributed by atoms with Crippen LogP contribution in [-0.2, 0) is 13.1 Å². The van der Waals surface area contributed by atoms with Crippen molar-refractivity contribution in [2.75, 3.05) is 5.32 Å². The molecule has 2 aromatic carbocycles. The summed E-state index contributed by atoms with van der Waals surface area (Å²) in [5.41, 5.74) is -0.0787. The molecule has 0 atom stereocenters. The summed E-state index contributed by atoms with van der Waals surface area (Å²) in [6.07, 6.45) is 1.69. The van der Waals surface area contributed by atoms with Gasteiger partial charge in [0.15, 0.2) is 0 Å². The van der Waals surface area contributed by atoms with E-state index < -0.39 is 30.2 Å². The molecule has 1 N–H and O–H groups in total. The molecule has 0 fully saturated rings. The minimum Gasteiger partial charge on any atom is -0.324 e. The summed E-state index contributed by atoms with van der Waals surface area (Å²) in [6, 6.07) is 10.1. The molecule has 0 saturated heterocycles. The number of nitriles is 1. The number of halogens is 4. The monoisotopic (exact) mass is 566 g/mol. The maximum atomic E-state index is 13.9. The maximum Gasteiger partial charge on any atom is 0.359 e. The number of alkyl halides is 2. The number of anilines is 2. The van der Waals surface area contributed by atoms with Crippen LogP contribution in [0, 0.1) is 24.1 Å². The number of nitrogens with zero attached hydrogens (tertiary/aromatic N) is 7. The van der Waals surface area contributed by atoms with Gasteiger partial charge >= 0.3 is 11.4 Å². The fourth-order valence-electron chi connectivity index (χ4n) is 4.10. The van der Waals surface area contributed by atoms with E-state index in [1.165, 1.54) is 36.7 Å². The van der Waals surface area contributed by atoms with Gasteiger partial charge in [0.05, 0.1) is 40.2 Å². The van der Waals surface area contributed by atoms with E-state index >= 15 is 0 Å². The quantitative estimate of drug-likeness (QED) is 0.314. The standard InChI is InChI=1S/C26H18ClF3N8O2/c1-14-4-18(10-32-9-14)38-25(39)34-24(37(26(38)40)11-15-2-3-20(28)16(5-15)8-31)33-22-6-17-12-36(13-23(29)30)35-21(17)7-19(22)27/h2-7,9-10,12,23H,11,13H2,1H3,(H,33,34,39). The predicted octanol–water partition coefficient (Wildman–Crippen LogP) is 4.17. The molecule has 10 nitrogen and oxygen atoms in total. The topological polar surface area (TPSA) is 123 Å². The normalized spacial score (nSPS) is 11.2. The molecule has 3 heterocycles. The van der Waals surface area contributed by atoms with Crippen molar-refractivity contribution in [3.8, 4) is 11.8 Å². The van der Waals surface area contributed by atoms with Crippen molar-refractivity contribution >= 4 is 34.1 Å². The van der Waals surface area contributed by atoms with Gasteiger partial charge in [-0.1, -0.05) is 17.7 Å². The highest BCUT2D eigenvalue weighted by Crippen LogP contribution is 2.29. The van der Waals surface area contributed by atoms with Crippen LogP contribution in [0.1, 0.15) is 16.7 Å². The number of benzene rings is 2. The summed E-state index contributed by atoms with van der Waals surface area (Å²) in [7, 11) is 0. The molecule has 3 aromatic heterocycles. The van der Waals surface area contributed by atoms with Crippen molar-refractivity contribution in [2.24, 2.45) is 0 Å². The van der Waals surface area contributed by atoms with Gasteiger partial charge in [-0.2, -0.15) is 15.3 Å². The van der Waals surface area contributed by atoms with Crippen LogP contribution in [-0.4, -0.2) is 35.3 Å². The molecular formula is C26H18ClF3N8O2. The van der Waals surface area contributed by atoms with E-state index in [1.807, 2.05) is 0 Å². The van der Waals surface area contributed by atoms with E-state index in [-0.39, 0.29) is 34.5 Å². The first-order valence-corrected chi connectivity index (χ1v) is 12.1. The second kappa shape index (κ2) is 10.7. The summed E-state index contributed by atoms with van der Waals surface area (Å²) in [5.74, 6) is -0.922. The van der Waals surface area contributed by atoms with Crippen LogP contribution in [0.4, 0.5) is 24.8 Å². The Morgan fingerprint density at radius 2 is 1.95 bits per heavy atom. The average Bonchev–Trinajstić information content (AvgIpc) is 3.27. The number of nitrogens with one attached hydrogen (secondary N) is 1. The smallest absolute Gasteiger partial charge is 0.324 e. The first-order chi connectivity index (χ1) is 19.1. The zero-order valence-corrected chi connectivity index (χ0v) is 21.4. The van der Waals surface area contributed by atoms with Crippen LogP contribution in [0.25, 0.3) is 16.6 Å². The zero-order chi connectivity index (χ0) is 28.6. The predicted molar refractivity (Wildman–Crippen MR) is 141 cm³/mol. The summed E-state index contributed by atoms with van der Waals surface area (Å²) in [4.78, 5) is 34.9. The van der Waals surface area contributed by atoms with Crippen LogP contribution in [0.15, 0.2) is 64.6 Å². The van der Waals surface area contributed by atoms with Crippen molar-refractivity contribution in [1.29, 1.82) is 5.26 Å². The van der Waals surface area contributed by atoms with E-state index in [0.717, 1.165) is 19.9 Å². The van der Waals surface area contributed by atoms with Gasteiger partial charge in [0.2, 0.25) is 5.95 Å². The van der Waals surface area contributed by atoms with Gasteiger partial charge in [-0.15, -0.1) is 0 Å². The summed E-state index contributed by atoms with van der Waals surface area (Å²) < 4.78 is 42.6. The lowest BCUT2D eigenvalue weighted by atomic mass is 10.1. The summed E-state index contributed by atoms with van der Waals surface area (Å²) in [5, 5.41) is 16.8. The van der Waals surface area contributed by atoms with Gasteiger partial charge < -0.3 is 5.32 Å². The van der Waals surface area contributed by atoms with E-state index in [0.29, 0.717) is 22.0 Å². The van der Waals surface area contributed by atoms with Gasteiger partial charge in [0.1, 0.15) is 18.4 Å². The van der Waals surface area contributed by atoms with Crippen molar-refractivity contribution in [2.45, 2.75) is 26.4 Å². The van der Waals surface area contributed by atoms with Gasteiger partial charge in [0, 0.05) is 17.8 Å². The number of hydrogen-bond acceptors (Lipinski definition) is 7. The lowest BCUT2D eigenvalue weighted by Crippen LogP contribution is -2.41. The third-order valence-electron chi connectivity index (χ3n) is 5.89. The van der Waals surface area contributed by atoms with Crippen molar-refractivity contribution in [3.05, 3.63) is 103 Å². The Hall–Kier alpha value is -4.96. The molecule has 0 spiro atoms. The Kier molecular flexibility index (Phi) is 7.10. The van der Waals surface area contributed by atoms with Crippen molar-refractivity contribution < 1.29 is 13.2 Å². The number of fused-ring (bicyclic) bond motifs is 1. The molecule has 5 aromatic rings. The molecular weight excluding hydrogens is 549 g/mol. The Balaban J connectivity index is 1.65. The Labute approximate surface area is 228 Å². The minimum atomic E-state index is -2.61. The molecule has 0 aliphatic heterocycles. The van der Waals surface area contributed by atoms with E-state index in [4.69, 9.17) is 11.6 Å². The average molecular weight is 567 g/mol. The highest BCUT2D eigenvalue weighted by molar-refractivity contribution is 6.34. The first kappa shape index (κ1) is 26.6. The summed E-state index contributed by atoms with van der Waals surface area (Å²) >= 11 is 6.42. The molecule has 0 amide bonds. The second-order valence-electron chi connectivity index (χ2n) is 8.83. The van der Waals surface area contributed by atoms with Crippen LogP contribution in [0.5, 0.6) is 0 Å². The number of aromatic nitrogens is 6. The van der Waals surface area contributed by atoms with E-state index in [2.05, 4.69) is 20.4 Å². The molecule has 202 valence electrons. The molecule has 40 heavy (non-hydrogen) atoms. The van der Waals surface area contributed by atoms with Crippen LogP contribution in [0.2, 0.25) is 5.02 Å².